The van der Waals surface area contributed by atoms with Gasteiger partial charge in [-0.3, -0.25) is 10.1 Å². The Bertz CT molecular complexity index is 1190. The number of rotatable bonds is 8. The fourth-order valence-corrected chi connectivity index (χ4v) is 3.66. The Morgan fingerprint density at radius 3 is 2.53 bits per heavy atom. The predicted molar refractivity (Wildman–Crippen MR) is 128 cm³/mol. The van der Waals surface area contributed by atoms with Crippen LogP contribution in [0.5, 0.6) is 0 Å². The van der Waals surface area contributed by atoms with Crippen LogP contribution < -0.4 is 10.6 Å². The zero-order valence-electron chi connectivity index (χ0n) is 19.9. The van der Waals surface area contributed by atoms with Crippen molar-refractivity contribution in [2.45, 2.75) is 46.0 Å². The summed E-state index contributed by atoms with van der Waals surface area (Å²) < 4.78 is 15.4. The molecule has 34 heavy (non-hydrogen) atoms. The highest BCUT2D eigenvalue weighted by Gasteiger charge is 2.30. The third-order valence-corrected chi connectivity index (χ3v) is 5.36. The first-order valence-electron chi connectivity index (χ1n) is 11.4. The van der Waals surface area contributed by atoms with Gasteiger partial charge in [0.25, 0.3) is 11.6 Å². The number of nitrogens with zero attached hydrogens (tertiary/aromatic N) is 2. The van der Waals surface area contributed by atoms with Crippen molar-refractivity contribution in [2.75, 3.05) is 31.0 Å². The molecule has 0 unspecified atom stereocenters. The van der Waals surface area contributed by atoms with Gasteiger partial charge in [-0.2, -0.15) is 0 Å². The number of hydrogen-bond acceptors (Lipinski definition) is 7. The molecule has 2 N–H and O–H groups in total. The lowest BCUT2D eigenvalue weighted by Gasteiger charge is -2.16. The van der Waals surface area contributed by atoms with E-state index in [0.29, 0.717) is 47.0 Å². The van der Waals surface area contributed by atoms with Gasteiger partial charge in [-0.1, -0.05) is 32.0 Å². The second-order valence-electron chi connectivity index (χ2n) is 9.70. The maximum atomic E-state index is 13.4. The minimum absolute atomic E-state index is 0.0371. The number of methoxy groups -OCH3 is 1. The molecule has 0 radical (unpaired) electrons. The number of carbonyl (C=O) groups excluding carboxylic acids is 2. The summed E-state index contributed by atoms with van der Waals surface area (Å²) in [6.45, 7) is 6.79. The van der Waals surface area contributed by atoms with Gasteiger partial charge < -0.3 is 19.3 Å². The van der Waals surface area contributed by atoms with Gasteiger partial charge in [0.1, 0.15) is 6.61 Å². The number of anilines is 2. The highest BCUT2D eigenvalue weighted by atomic mass is 16.6. The molecule has 1 fully saturated rings. The van der Waals surface area contributed by atoms with Crippen LogP contribution >= 0.6 is 0 Å². The predicted octanol–water partition coefficient (Wildman–Crippen LogP) is 5.14. The molecule has 1 aliphatic rings. The molecule has 9 heteroatoms. The molecule has 180 valence electrons. The first-order chi connectivity index (χ1) is 16.2. The molecule has 9 nitrogen and oxygen atoms in total. The topological polar surface area (TPSA) is 116 Å². The molecule has 1 aliphatic carbocycles. The number of carbonyl (C=O) groups is 2. The number of benzene rings is 1. The summed E-state index contributed by atoms with van der Waals surface area (Å²) in [5.74, 6) is 0.0660. The normalized spacial score (nSPS) is 13.6. The van der Waals surface area contributed by atoms with Crippen molar-refractivity contribution in [3.05, 3.63) is 47.3 Å². The Balaban J connectivity index is 1.58. The number of fused-ring (bicyclic) bond motifs is 1. The molecule has 0 spiro atoms. The fourth-order valence-electron chi connectivity index (χ4n) is 3.66. The van der Waals surface area contributed by atoms with Crippen molar-refractivity contribution in [1.29, 1.82) is 0 Å². The Morgan fingerprint density at radius 2 is 1.85 bits per heavy atom. The van der Waals surface area contributed by atoms with Gasteiger partial charge in [0.05, 0.1) is 23.3 Å². The summed E-state index contributed by atoms with van der Waals surface area (Å²) >= 11 is 0. The van der Waals surface area contributed by atoms with Gasteiger partial charge in [0.15, 0.2) is 0 Å². The van der Waals surface area contributed by atoms with E-state index in [0.717, 1.165) is 24.2 Å². The summed E-state index contributed by atoms with van der Waals surface area (Å²) in [5.41, 5.74) is 3.45. The van der Waals surface area contributed by atoms with E-state index in [-0.39, 0.29) is 17.9 Å². The second-order valence-corrected chi connectivity index (χ2v) is 9.70. The molecule has 0 atom stereocenters. The number of aromatic nitrogens is 2. The van der Waals surface area contributed by atoms with E-state index in [1.807, 2.05) is 6.07 Å². The zero-order chi connectivity index (χ0) is 24.3. The van der Waals surface area contributed by atoms with Crippen molar-refractivity contribution >= 4 is 34.5 Å². The monoisotopic (exact) mass is 466 g/mol. The van der Waals surface area contributed by atoms with Crippen LogP contribution in [0.25, 0.3) is 11.1 Å². The first-order valence-corrected chi connectivity index (χ1v) is 11.4. The van der Waals surface area contributed by atoms with E-state index in [4.69, 9.17) is 14.0 Å². The van der Waals surface area contributed by atoms with Crippen molar-refractivity contribution in [3.63, 3.8) is 0 Å². The molecule has 2 amide bonds. The van der Waals surface area contributed by atoms with E-state index in [2.05, 4.69) is 41.5 Å². The molecular weight excluding hydrogens is 436 g/mol. The van der Waals surface area contributed by atoms with Gasteiger partial charge in [0, 0.05) is 30.1 Å². The molecule has 0 aliphatic heterocycles. The SMILES string of the molecule is COCCOC(=O)Nc1cccc(NC(=O)c2cc(C3CC3)nc3onc(CC(C)(C)C)c23)c1. The van der Waals surface area contributed by atoms with E-state index in [1.165, 1.54) is 7.11 Å². The van der Waals surface area contributed by atoms with Crippen LogP contribution in [-0.2, 0) is 15.9 Å². The molecule has 1 saturated carbocycles. The summed E-state index contributed by atoms with van der Waals surface area (Å²) in [6.07, 6.45) is 2.16. The van der Waals surface area contributed by atoms with Crippen molar-refractivity contribution < 1.29 is 23.6 Å². The zero-order valence-corrected chi connectivity index (χ0v) is 19.9. The maximum Gasteiger partial charge on any atom is 0.411 e. The average molecular weight is 467 g/mol. The van der Waals surface area contributed by atoms with Crippen LogP contribution in [0.4, 0.5) is 16.2 Å². The van der Waals surface area contributed by atoms with E-state index >= 15 is 0 Å². The second kappa shape index (κ2) is 9.80. The highest BCUT2D eigenvalue weighted by Crippen LogP contribution is 2.41. The van der Waals surface area contributed by atoms with Crippen molar-refractivity contribution in [1.82, 2.24) is 10.1 Å². The molecule has 3 aromatic rings. The van der Waals surface area contributed by atoms with Gasteiger partial charge in [-0.15, -0.1) is 0 Å². The Morgan fingerprint density at radius 1 is 1.12 bits per heavy atom. The van der Waals surface area contributed by atoms with Crippen LogP contribution in [0.1, 0.15) is 61.3 Å². The molecule has 1 aromatic carbocycles. The van der Waals surface area contributed by atoms with Gasteiger partial charge in [-0.25, -0.2) is 9.78 Å². The summed E-state index contributed by atoms with van der Waals surface area (Å²) in [7, 11) is 1.53. The standard InChI is InChI=1S/C25H30N4O5/c1-25(2,3)14-20-21-18(13-19(15-8-9-15)28-23(21)34-29-20)22(30)26-16-6-5-7-17(12-16)27-24(31)33-11-10-32-4/h5-7,12-13,15H,8-11,14H2,1-4H3,(H,26,30)(H,27,31). The molecule has 2 aromatic heterocycles. The average Bonchev–Trinajstić information content (AvgIpc) is 3.55. The van der Waals surface area contributed by atoms with E-state index in [1.54, 1.807) is 24.3 Å². The smallest absolute Gasteiger partial charge is 0.411 e. The van der Waals surface area contributed by atoms with Crippen LogP contribution in [0, 0.1) is 5.41 Å². The third kappa shape index (κ3) is 5.91. The van der Waals surface area contributed by atoms with Gasteiger partial charge in [-0.05, 0) is 48.9 Å². The van der Waals surface area contributed by atoms with E-state index in [9.17, 15) is 9.59 Å². The number of pyridine rings is 1. The molecule has 4 rings (SSSR count). The minimum Gasteiger partial charge on any atom is -0.447 e. The number of ether oxygens (including phenoxy) is 2. The summed E-state index contributed by atoms with van der Waals surface area (Å²) in [4.78, 5) is 30.0. The fraction of sp³-hybridized carbons (Fsp3) is 0.440. The Labute approximate surface area is 198 Å². The third-order valence-electron chi connectivity index (χ3n) is 5.36. The summed E-state index contributed by atoms with van der Waals surface area (Å²) in [6, 6.07) is 8.73. The molecule has 0 saturated heterocycles. The quantitative estimate of drug-likeness (QED) is 0.442. The van der Waals surface area contributed by atoms with Gasteiger partial charge >= 0.3 is 6.09 Å². The van der Waals surface area contributed by atoms with Crippen LogP contribution in [-0.4, -0.2) is 42.5 Å². The number of amides is 2. The van der Waals surface area contributed by atoms with E-state index < -0.39 is 6.09 Å². The first kappa shape index (κ1) is 23.7. The van der Waals surface area contributed by atoms with Crippen molar-refractivity contribution in [2.24, 2.45) is 5.41 Å². The number of nitrogens with one attached hydrogen (secondary N) is 2. The minimum atomic E-state index is -0.596. The largest absolute Gasteiger partial charge is 0.447 e. The summed E-state index contributed by atoms with van der Waals surface area (Å²) in [5, 5.41) is 10.5. The maximum absolute atomic E-state index is 13.4. The number of hydrogen-bond donors (Lipinski definition) is 2. The van der Waals surface area contributed by atoms with Crippen LogP contribution in [0.2, 0.25) is 0 Å². The van der Waals surface area contributed by atoms with Crippen LogP contribution in [0.3, 0.4) is 0 Å². The highest BCUT2D eigenvalue weighted by molar-refractivity contribution is 6.12. The Kier molecular flexibility index (Phi) is 6.83. The van der Waals surface area contributed by atoms with Gasteiger partial charge in [0.2, 0.25) is 0 Å². The lowest BCUT2D eigenvalue weighted by atomic mass is 9.89. The molecule has 2 heterocycles. The Hall–Kier alpha value is -3.46. The lowest BCUT2D eigenvalue weighted by Crippen LogP contribution is -2.17. The lowest BCUT2D eigenvalue weighted by molar-refractivity contribution is 0.102. The van der Waals surface area contributed by atoms with Crippen molar-refractivity contribution in [3.8, 4) is 0 Å². The van der Waals surface area contributed by atoms with Crippen LogP contribution in [0.15, 0.2) is 34.9 Å². The molecular formula is C25H30N4O5. The molecule has 0 bridgehead atoms.